The fraction of sp³-hybridized carbons (Fsp3) is 0.0714. The Labute approximate surface area is 473 Å². The monoisotopic (exact) mass is 1250 g/mol. The average molecular weight is 1250 g/mol. The van der Waals surface area contributed by atoms with Crippen LogP contribution in [0.4, 0.5) is 11.4 Å². The molecule has 20 heteroatoms. The number of methoxy groups -OCH3 is 1. The molecule has 2 heterocycles. The molecule has 0 spiro atoms. The van der Waals surface area contributed by atoms with Crippen molar-refractivity contribution in [3.8, 4) is 57.5 Å². The van der Waals surface area contributed by atoms with E-state index in [1.54, 1.807) is 122 Å². The number of anilines is 2. The third kappa shape index (κ3) is 16.3. The fourth-order valence-corrected chi connectivity index (χ4v) is 7.31. The molecule has 0 radical (unpaired) electrons. The molecule has 8 aromatic carbocycles. The van der Waals surface area contributed by atoms with Gasteiger partial charge in [-0.3, -0.25) is 19.2 Å². The molecule has 0 atom stereocenters. The number of alkyl halides is 2. The normalized spacial score (nSPS) is 11.3. The Kier molecular flexibility index (Phi) is 20.6. The van der Waals surface area contributed by atoms with Crippen LogP contribution in [0.5, 0.6) is 57.5 Å². The Morgan fingerprint density at radius 1 is 0.526 bits per heavy atom. The summed E-state index contributed by atoms with van der Waals surface area (Å²) in [6.45, 7) is 0.584. The lowest BCUT2D eigenvalue weighted by atomic mass is 10.1. The van der Waals surface area contributed by atoms with Gasteiger partial charge < -0.3 is 50.1 Å². The molecule has 0 unspecified atom stereocenters. The van der Waals surface area contributed by atoms with Gasteiger partial charge in [-0.2, -0.15) is 0 Å². The summed E-state index contributed by atoms with van der Waals surface area (Å²) in [6.07, 6.45) is 0. The number of aromatic hydroxyl groups is 1. The molecule has 5 N–H and O–H groups in total. The van der Waals surface area contributed by atoms with Crippen molar-refractivity contribution in [3.05, 3.63) is 215 Å². The SMILES string of the molecule is BrB(Br)Br.COc1cccc(Oc2cccc(CNC(=O)c3ccc4c(c3)NC(=O)c3ccccc3O4)c2)c1.ClCCl.O=C(NCc1cccc(Oc2cccc(O)c2)c1)c1ccc2c(c1)NC(=O)c1ccccc1O2. The number of halogens is 5. The van der Waals surface area contributed by atoms with E-state index >= 15 is 0 Å². The van der Waals surface area contributed by atoms with E-state index in [0.717, 1.165) is 11.1 Å². The first-order valence-electron chi connectivity index (χ1n) is 22.8. The van der Waals surface area contributed by atoms with Crippen molar-refractivity contribution in [2.24, 2.45) is 0 Å². The van der Waals surface area contributed by atoms with E-state index in [4.69, 9.17) is 46.9 Å². The Bertz CT molecular complexity index is 3350. The summed E-state index contributed by atoms with van der Waals surface area (Å²) in [5.74, 6) is 3.94. The van der Waals surface area contributed by atoms with Crippen LogP contribution in [0.25, 0.3) is 0 Å². The second-order valence-electron chi connectivity index (χ2n) is 15.9. The molecular formula is C56H44BBr3Cl2N4O10. The number of hydrogen-bond donors (Lipinski definition) is 5. The topological polar surface area (TPSA) is 183 Å². The number of para-hydroxylation sites is 2. The van der Waals surface area contributed by atoms with E-state index < -0.39 is 0 Å². The van der Waals surface area contributed by atoms with Crippen molar-refractivity contribution in [1.82, 2.24) is 10.6 Å². The van der Waals surface area contributed by atoms with Gasteiger partial charge in [-0.25, -0.2) is 0 Å². The predicted octanol–water partition coefficient (Wildman–Crippen LogP) is 14.8. The van der Waals surface area contributed by atoms with Crippen LogP contribution in [0.3, 0.4) is 0 Å². The Morgan fingerprint density at radius 2 is 0.921 bits per heavy atom. The highest BCUT2D eigenvalue weighted by atomic mass is 79.9. The largest absolute Gasteiger partial charge is 0.508 e. The third-order valence-corrected chi connectivity index (χ3v) is 10.7. The van der Waals surface area contributed by atoms with Gasteiger partial charge in [-0.05, 0) is 120 Å². The van der Waals surface area contributed by atoms with Gasteiger partial charge in [0.05, 0.1) is 35.0 Å². The molecule has 0 aliphatic carbocycles. The van der Waals surface area contributed by atoms with Crippen LogP contribution in [0.1, 0.15) is 52.6 Å². The number of carbonyl (C=O) groups is 4. The Morgan fingerprint density at radius 3 is 1.37 bits per heavy atom. The minimum atomic E-state index is -0.296. The fourth-order valence-electron chi connectivity index (χ4n) is 7.31. The van der Waals surface area contributed by atoms with E-state index in [0.29, 0.717) is 91.9 Å². The summed E-state index contributed by atoms with van der Waals surface area (Å²) in [5, 5.41) is 21.2. The molecule has 76 heavy (non-hydrogen) atoms. The summed E-state index contributed by atoms with van der Waals surface area (Å²) in [7, 11) is 1.60. The summed E-state index contributed by atoms with van der Waals surface area (Å²) >= 11 is 18.8. The van der Waals surface area contributed by atoms with Crippen molar-refractivity contribution < 1.29 is 48.0 Å². The number of hydrogen-bond acceptors (Lipinski definition) is 10. The van der Waals surface area contributed by atoms with Crippen LogP contribution in [-0.2, 0) is 13.1 Å². The summed E-state index contributed by atoms with van der Waals surface area (Å²) in [5.41, 5.74) is 4.24. The van der Waals surface area contributed by atoms with Crippen LogP contribution in [0.2, 0.25) is 0 Å². The lowest BCUT2D eigenvalue weighted by molar-refractivity contribution is 0.0943. The maximum absolute atomic E-state index is 12.8. The summed E-state index contributed by atoms with van der Waals surface area (Å²) < 4.78 is 28.9. The number of amides is 4. The van der Waals surface area contributed by atoms with Gasteiger partial charge in [-0.15, -0.1) is 70.5 Å². The molecule has 386 valence electrons. The standard InChI is InChI=1S/C28H22N2O5.C27H20N2O5.CH2Cl2.BBr3/c1-33-20-7-5-9-22(16-20)34-21-8-4-6-18(14-21)17-29-27(31)19-12-13-26-24(15-19)30-28(32)23-10-2-3-11-25(23)35-26;30-19-6-4-8-21(15-19)33-20-7-3-5-17(13-20)16-28-26(31)18-11-12-25-23(14-18)29-27(32)22-9-1-2-10-24(22)34-25;2-1-3;2-1(3)4/h2-16H,17H2,1H3,(H,29,31)(H,30,32);1-15,30H,16H2,(H,28,31)(H,29,32);1H2;. The average Bonchev–Trinajstić information content (AvgIpc) is 3.65. The molecule has 2 aliphatic rings. The molecule has 10 rings (SSSR count). The Balaban J connectivity index is 0.000000197. The van der Waals surface area contributed by atoms with Gasteiger partial charge in [0, 0.05) is 36.3 Å². The zero-order chi connectivity index (χ0) is 54.0. The van der Waals surface area contributed by atoms with E-state index in [2.05, 4.69) is 68.5 Å². The van der Waals surface area contributed by atoms with E-state index in [1.165, 1.54) is 6.07 Å². The number of nitrogens with one attached hydrogen (secondary N) is 4. The van der Waals surface area contributed by atoms with Crippen molar-refractivity contribution in [3.63, 3.8) is 0 Å². The van der Waals surface area contributed by atoms with Gasteiger partial charge in [0.1, 0.15) is 46.0 Å². The summed E-state index contributed by atoms with van der Waals surface area (Å²) in [6, 6.07) is 52.5. The molecule has 4 amide bonds. The molecule has 0 fully saturated rings. The van der Waals surface area contributed by atoms with Gasteiger partial charge in [0.25, 0.3) is 23.6 Å². The molecule has 2 aliphatic heterocycles. The first-order valence-corrected chi connectivity index (χ1v) is 26.6. The molecule has 0 saturated carbocycles. The van der Waals surface area contributed by atoms with Gasteiger partial charge >= 0.3 is 3.18 Å². The highest BCUT2D eigenvalue weighted by molar-refractivity contribution is 9.69. The van der Waals surface area contributed by atoms with E-state index in [1.807, 2.05) is 60.7 Å². The number of fused-ring (bicyclic) bond motifs is 4. The number of phenols is 1. The van der Waals surface area contributed by atoms with Crippen molar-refractivity contribution in [1.29, 1.82) is 0 Å². The quantitative estimate of drug-likeness (QED) is 0.0617. The highest BCUT2D eigenvalue weighted by Gasteiger charge is 2.23. The van der Waals surface area contributed by atoms with Crippen LogP contribution in [0.15, 0.2) is 182 Å². The van der Waals surface area contributed by atoms with Crippen LogP contribution >= 0.6 is 70.5 Å². The van der Waals surface area contributed by atoms with Gasteiger partial charge in [0.15, 0.2) is 11.5 Å². The van der Waals surface area contributed by atoms with Crippen LogP contribution < -0.4 is 45.0 Å². The molecule has 0 saturated heterocycles. The zero-order valence-electron chi connectivity index (χ0n) is 40.0. The lowest BCUT2D eigenvalue weighted by Gasteiger charge is -2.11. The number of ether oxygens (including phenoxy) is 5. The summed E-state index contributed by atoms with van der Waals surface area (Å²) in [4.78, 5) is 50.7. The molecule has 8 aromatic rings. The predicted molar refractivity (Wildman–Crippen MR) is 307 cm³/mol. The van der Waals surface area contributed by atoms with Crippen molar-refractivity contribution >= 4 is 109 Å². The van der Waals surface area contributed by atoms with E-state index in [-0.39, 0.29) is 44.4 Å². The van der Waals surface area contributed by atoms with E-state index in [9.17, 15) is 24.3 Å². The molecule has 14 nitrogen and oxygen atoms in total. The number of benzene rings is 8. The maximum atomic E-state index is 12.8. The Hall–Kier alpha value is -7.48. The lowest BCUT2D eigenvalue weighted by Crippen LogP contribution is -2.23. The number of phenolic OH excluding ortho intramolecular Hbond substituents is 1. The molecule has 0 bridgehead atoms. The van der Waals surface area contributed by atoms with Gasteiger partial charge in [-0.1, -0.05) is 60.7 Å². The van der Waals surface area contributed by atoms with Crippen molar-refractivity contribution in [2.45, 2.75) is 13.1 Å². The first-order chi connectivity index (χ1) is 36.8. The second-order valence-corrected chi connectivity index (χ2v) is 23.2. The van der Waals surface area contributed by atoms with Gasteiger partial charge in [0.2, 0.25) is 0 Å². The minimum Gasteiger partial charge on any atom is -0.508 e. The highest BCUT2D eigenvalue weighted by Crippen LogP contribution is 2.38. The maximum Gasteiger partial charge on any atom is 0.369 e. The van der Waals surface area contributed by atoms with Crippen molar-refractivity contribution in [2.75, 3.05) is 23.1 Å². The van der Waals surface area contributed by atoms with Crippen LogP contribution in [0, 0.1) is 0 Å². The second kappa shape index (κ2) is 27.9. The third-order valence-electron chi connectivity index (χ3n) is 10.7. The number of carbonyl (C=O) groups excluding carboxylic acids is 4. The zero-order valence-corrected chi connectivity index (χ0v) is 46.3. The first kappa shape index (κ1) is 56.3. The number of rotatable bonds is 11. The minimum absolute atomic E-state index is 0.118. The smallest absolute Gasteiger partial charge is 0.369 e. The molecular weight excluding hydrogens is 1210 g/mol. The van der Waals surface area contributed by atoms with Crippen LogP contribution in [-0.4, -0.2) is 44.4 Å². The molecule has 0 aromatic heterocycles.